The Hall–Kier alpha value is -2.31. The molecule has 1 N–H and O–H groups in total. The van der Waals surface area contributed by atoms with E-state index >= 15 is 0 Å². The number of hydrogen-bond acceptors (Lipinski definition) is 4. The SMILES string of the molecule is O=C(Cc1nsc2cc(-c3cccc(F)c3)ccc12)N[C@H]1CN2CCC1CC2. The third-order valence-corrected chi connectivity index (χ3v) is 6.88. The first-order valence-electron chi connectivity index (χ1n) is 9.82. The fourth-order valence-corrected chi connectivity index (χ4v) is 5.34. The maximum Gasteiger partial charge on any atom is 0.226 e. The van der Waals surface area contributed by atoms with Crippen molar-refractivity contribution in [1.29, 1.82) is 0 Å². The molecule has 6 rings (SSSR count). The predicted molar refractivity (Wildman–Crippen MR) is 110 cm³/mol. The number of amides is 1. The summed E-state index contributed by atoms with van der Waals surface area (Å²) in [5, 5.41) is 4.25. The van der Waals surface area contributed by atoms with Crippen molar-refractivity contribution >= 4 is 27.5 Å². The Kier molecular flexibility index (Phi) is 4.61. The van der Waals surface area contributed by atoms with Crippen molar-refractivity contribution < 1.29 is 9.18 Å². The fourth-order valence-electron chi connectivity index (χ4n) is 4.50. The van der Waals surface area contributed by atoms with Gasteiger partial charge in [-0.15, -0.1) is 0 Å². The molecule has 0 aliphatic carbocycles. The van der Waals surface area contributed by atoms with Crippen LogP contribution in [0.2, 0.25) is 0 Å². The lowest BCUT2D eigenvalue weighted by atomic mass is 9.84. The number of aromatic nitrogens is 1. The largest absolute Gasteiger partial charge is 0.351 e. The summed E-state index contributed by atoms with van der Waals surface area (Å²) in [5.74, 6) is 0.433. The van der Waals surface area contributed by atoms with E-state index in [4.69, 9.17) is 0 Å². The predicted octanol–water partition coefficient (Wildman–Crippen LogP) is 3.86. The molecule has 0 spiro atoms. The first-order chi connectivity index (χ1) is 13.7. The standard InChI is InChI=1S/C22H22FN3OS/c23-17-3-1-2-15(10-17)16-4-5-18-19(25-28-21(18)11-16)12-22(27)24-20-13-26-8-6-14(20)7-9-26/h1-5,10-11,14,20H,6-9,12-13H2,(H,24,27)/t20-/m0/s1. The van der Waals surface area contributed by atoms with E-state index in [2.05, 4.69) is 14.6 Å². The topological polar surface area (TPSA) is 45.2 Å². The van der Waals surface area contributed by atoms with E-state index < -0.39 is 0 Å². The number of carbonyl (C=O) groups excluding carboxylic acids is 1. The van der Waals surface area contributed by atoms with Gasteiger partial charge in [0, 0.05) is 18.0 Å². The molecule has 3 saturated heterocycles. The number of rotatable bonds is 4. The molecule has 3 fully saturated rings. The van der Waals surface area contributed by atoms with Crippen molar-refractivity contribution in [2.45, 2.75) is 25.3 Å². The van der Waals surface area contributed by atoms with Crippen LogP contribution < -0.4 is 5.32 Å². The van der Waals surface area contributed by atoms with Gasteiger partial charge in [0.05, 0.1) is 16.8 Å². The van der Waals surface area contributed by atoms with Crippen LogP contribution in [0.1, 0.15) is 18.5 Å². The van der Waals surface area contributed by atoms with Crippen LogP contribution in [0, 0.1) is 11.7 Å². The number of hydrogen-bond donors (Lipinski definition) is 1. The smallest absolute Gasteiger partial charge is 0.226 e. The monoisotopic (exact) mass is 395 g/mol. The van der Waals surface area contributed by atoms with E-state index in [0.717, 1.165) is 33.5 Å². The van der Waals surface area contributed by atoms with Gasteiger partial charge in [0.1, 0.15) is 5.82 Å². The Morgan fingerprint density at radius 1 is 1.18 bits per heavy atom. The first-order valence-corrected chi connectivity index (χ1v) is 10.6. The van der Waals surface area contributed by atoms with Crippen LogP contribution in [0.4, 0.5) is 4.39 Å². The summed E-state index contributed by atoms with van der Waals surface area (Å²) in [6.45, 7) is 3.31. The average molecular weight is 396 g/mol. The van der Waals surface area contributed by atoms with Gasteiger partial charge in [-0.05, 0) is 72.7 Å². The highest BCUT2D eigenvalue weighted by molar-refractivity contribution is 7.13. The van der Waals surface area contributed by atoms with Gasteiger partial charge in [0.25, 0.3) is 0 Å². The summed E-state index contributed by atoms with van der Waals surface area (Å²) in [5.41, 5.74) is 2.63. The second kappa shape index (κ2) is 7.26. The molecule has 1 atom stereocenters. The minimum atomic E-state index is -0.244. The normalized spacial score (nSPS) is 23.8. The molecule has 4 heterocycles. The lowest BCUT2D eigenvalue weighted by Gasteiger charge is -2.44. The molecule has 2 aromatic carbocycles. The van der Waals surface area contributed by atoms with Crippen LogP contribution in [0.5, 0.6) is 0 Å². The van der Waals surface area contributed by atoms with Crippen LogP contribution >= 0.6 is 11.5 Å². The van der Waals surface area contributed by atoms with Crippen molar-refractivity contribution in [2.75, 3.05) is 19.6 Å². The van der Waals surface area contributed by atoms with Gasteiger partial charge in [0.2, 0.25) is 5.91 Å². The molecular formula is C22H22FN3OS. The van der Waals surface area contributed by atoms with Crippen molar-refractivity contribution in [2.24, 2.45) is 5.92 Å². The van der Waals surface area contributed by atoms with E-state index in [-0.39, 0.29) is 17.8 Å². The Balaban J connectivity index is 1.32. The lowest BCUT2D eigenvalue weighted by Crippen LogP contribution is -2.57. The highest BCUT2D eigenvalue weighted by atomic mass is 32.1. The summed E-state index contributed by atoms with van der Waals surface area (Å²) in [7, 11) is 0. The zero-order valence-corrected chi connectivity index (χ0v) is 16.3. The fraction of sp³-hybridized carbons (Fsp3) is 0.364. The molecule has 3 aliphatic heterocycles. The second-order valence-corrected chi connectivity index (χ2v) is 8.64. The summed E-state index contributed by atoms with van der Waals surface area (Å²) < 4.78 is 19.1. The first kappa shape index (κ1) is 17.8. The molecule has 4 nitrogen and oxygen atoms in total. The van der Waals surface area contributed by atoms with Gasteiger partial charge in [-0.3, -0.25) is 4.79 Å². The van der Waals surface area contributed by atoms with Crippen LogP contribution in [0.15, 0.2) is 42.5 Å². The minimum absolute atomic E-state index is 0.0557. The van der Waals surface area contributed by atoms with Gasteiger partial charge in [0.15, 0.2) is 0 Å². The highest BCUT2D eigenvalue weighted by Gasteiger charge is 2.34. The average Bonchev–Trinajstić information content (AvgIpc) is 3.11. The maximum atomic E-state index is 13.5. The molecule has 144 valence electrons. The lowest BCUT2D eigenvalue weighted by molar-refractivity contribution is -0.122. The van der Waals surface area contributed by atoms with E-state index in [9.17, 15) is 9.18 Å². The zero-order valence-electron chi connectivity index (χ0n) is 15.5. The van der Waals surface area contributed by atoms with E-state index in [1.165, 1.54) is 49.6 Å². The summed E-state index contributed by atoms with van der Waals surface area (Å²) in [4.78, 5) is 15.1. The van der Waals surface area contributed by atoms with Crippen LogP contribution in [0.25, 0.3) is 21.2 Å². The van der Waals surface area contributed by atoms with Crippen LogP contribution in [-0.4, -0.2) is 40.9 Å². The molecule has 0 radical (unpaired) electrons. The van der Waals surface area contributed by atoms with Crippen molar-refractivity contribution in [3.63, 3.8) is 0 Å². The minimum Gasteiger partial charge on any atom is -0.351 e. The molecule has 3 aromatic rings. The van der Waals surface area contributed by atoms with Gasteiger partial charge in [-0.2, -0.15) is 4.37 Å². The highest BCUT2D eigenvalue weighted by Crippen LogP contribution is 2.30. The number of piperidine rings is 3. The van der Waals surface area contributed by atoms with Crippen LogP contribution in [0.3, 0.4) is 0 Å². The Bertz CT molecular complexity index is 1030. The van der Waals surface area contributed by atoms with Gasteiger partial charge in [-0.1, -0.05) is 24.3 Å². The van der Waals surface area contributed by atoms with Gasteiger partial charge in [-0.25, -0.2) is 4.39 Å². The van der Waals surface area contributed by atoms with E-state index in [0.29, 0.717) is 12.3 Å². The van der Waals surface area contributed by atoms with Gasteiger partial charge >= 0.3 is 0 Å². The molecule has 1 aromatic heterocycles. The number of carbonyl (C=O) groups is 1. The third kappa shape index (κ3) is 3.42. The summed E-state index contributed by atoms with van der Waals surface area (Å²) >= 11 is 1.40. The Labute approximate surface area is 167 Å². The molecule has 0 unspecified atom stereocenters. The zero-order chi connectivity index (χ0) is 19.1. The van der Waals surface area contributed by atoms with Crippen molar-refractivity contribution in [3.8, 4) is 11.1 Å². The molecule has 0 saturated carbocycles. The molecular weight excluding hydrogens is 373 g/mol. The number of fused-ring (bicyclic) bond motifs is 4. The van der Waals surface area contributed by atoms with Gasteiger partial charge < -0.3 is 10.2 Å². The quantitative estimate of drug-likeness (QED) is 0.730. The number of halogens is 1. The number of nitrogens with one attached hydrogen (secondary N) is 1. The molecule has 28 heavy (non-hydrogen) atoms. The van der Waals surface area contributed by atoms with E-state index in [1.807, 2.05) is 24.3 Å². The molecule has 1 amide bonds. The maximum absolute atomic E-state index is 13.5. The molecule has 2 bridgehead atoms. The second-order valence-electron chi connectivity index (χ2n) is 7.84. The summed E-state index contributed by atoms with van der Waals surface area (Å²) in [6.07, 6.45) is 2.68. The van der Waals surface area contributed by atoms with Crippen LogP contribution in [-0.2, 0) is 11.2 Å². The van der Waals surface area contributed by atoms with Crippen molar-refractivity contribution in [1.82, 2.24) is 14.6 Å². The Morgan fingerprint density at radius 2 is 2.00 bits per heavy atom. The summed E-state index contributed by atoms with van der Waals surface area (Å²) in [6, 6.07) is 12.9. The number of benzene rings is 2. The molecule has 3 aliphatic rings. The third-order valence-electron chi connectivity index (χ3n) is 6.04. The van der Waals surface area contributed by atoms with Crippen molar-refractivity contribution in [3.05, 3.63) is 54.0 Å². The Morgan fingerprint density at radius 3 is 2.75 bits per heavy atom. The van der Waals surface area contributed by atoms with E-state index in [1.54, 1.807) is 6.07 Å². The number of nitrogens with zero attached hydrogens (tertiary/aromatic N) is 2. The molecule has 6 heteroatoms.